The molecule has 0 aliphatic carbocycles. The highest BCUT2D eigenvalue weighted by Gasteiger charge is 2.38. The molecule has 2 fully saturated rings. The topological polar surface area (TPSA) is 87.5 Å². The van der Waals surface area contributed by atoms with Gasteiger partial charge in [0.1, 0.15) is 6.54 Å². The van der Waals surface area contributed by atoms with E-state index in [2.05, 4.69) is 26.7 Å². The quantitative estimate of drug-likeness (QED) is 0.291. The molecule has 10 heteroatoms. The van der Waals surface area contributed by atoms with Crippen molar-refractivity contribution in [2.24, 2.45) is 5.41 Å². The summed E-state index contributed by atoms with van der Waals surface area (Å²) in [6.07, 6.45) is 9.85. The van der Waals surface area contributed by atoms with Crippen LogP contribution >= 0.6 is 11.6 Å². The van der Waals surface area contributed by atoms with Crippen molar-refractivity contribution in [3.8, 4) is 0 Å². The minimum atomic E-state index is -3.88. The minimum absolute atomic E-state index is 0.0541. The van der Waals surface area contributed by atoms with Crippen LogP contribution in [0.2, 0.25) is 5.02 Å². The van der Waals surface area contributed by atoms with E-state index in [0.717, 1.165) is 57.2 Å². The molecule has 0 unspecified atom stereocenters. The van der Waals surface area contributed by atoms with Gasteiger partial charge in [-0.1, -0.05) is 23.7 Å². The summed E-state index contributed by atoms with van der Waals surface area (Å²) in [6.45, 7) is 7.23. The minimum Gasteiger partial charge on any atom is -0.371 e. The zero-order chi connectivity index (χ0) is 29.5. The Morgan fingerprint density at radius 2 is 1.64 bits per heavy atom. The van der Waals surface area contributed by atoms with Crippen molar-refractivity contribution in [3.05, 3.63) is 83.3 Å². The number of nitrogens with zero attached hydrogens (tertiary/aromatic N) is 4. The van der Waals surface area contributed by atoms with Crippen LogP contribution in [0.3, 0.4) is 0 Å². The van der Waals surface area contributed by atoms with Crippen molar-refractivity contribution in [1.29, 1.82) is 0 Å². The average molecular weight is 606 g/mol. The summed E-state index contributed by atoms with van der Waals surface area (Å²) >= 11 is 6.21. The Kier molecular flexibility index (Phi) is 7.66. The lowest BCUT2D eigenvalue weighted by Gasteiger charge is -2.47. The van der Waals surface area contributed by atoms with Crippen LogP contribution in [0, 0.1) is 19.3 Å². The number of aromatic nitrogens is 2. The Morgan fingerprint density at radius 1 is 0.952 bits per heavy atom. The summed E-state index contributed by atoms with van der Waals surface area (Å²) in [7, 11) is -3.88. The number of fused-ring (bicyclic) bond motifs is 1. The van der Waals surface area contributed by atoms with E-state index in [1.54, 1.807) is 32.0 Å². The molecular weight excluding hydrogens is 570 g/mol. The number of para-hydroxylation sites is 1. The third-order valence-corrected chi connectivity index (χ3v) is 11.0. The largest absolute Gasteiger partial charge is 0.371 e. The number of sulfonamides is 1. The van der Waals surface area contributed by atoms with E-state index in [4.69, 9.17) is 11.6 Å². The van der Waals surface area contributed by atoms with Crippen molar-refractivity contribution in [2.45, 2.75) is 51.0 Å². The van der Waals surface area contributed by atoms with Gasteiger partial charge in [-0.15, -0.1) is 0 Å². The zero-order valence-electron chi connectivity index (χ0n) is 24.0. The molecule has 0 atom stereocenters. The molecule has 2 saturated heterocycles. The van der Waals surface area contributed by atoms with Gasteiger partial charge in [-0.25, -0.2) is 8.42 Å². The standard InChI is InChI=1S/C32H36ClN5O3S/c1-23-21-29(24(2)20-27(23)33)42(40,41)35-28-5-3-4-25-8-15-38(31(25)28)22-30(39)37-18-11-32(12-19-37)9-16-36(17-10-32)26-6-13-34-14-7-26/h3-8,13-15,20-21,35H,9-12,16-19,22H2,1-2H3. The molecule has 2 aliphatic rings. The fourth-order valence-electron chi connectivity index (χ4n) is 6.49. The van der Waals surface area contributed by atoms with Crippen LogP contribution in [-0.4, -0.2) is 55.0 Å². The molecule has 1 amide bonds. The number of amides is 1. The van der Waals surface area contributed by atoms with Gasteiger partial charge in [-0.3, -0.25) is 14.5 Å². The second-order valence-corrected chi connectivity index (χ2v) is 13.8. The van der Waals surface area contributed by atoms with E-state index >= 15 is 0 Å². The predicted molar refractivity (Wildman–Crippen MR) is 168 cm³/mol. The highest BCUT2D eigenvalue weighted by molar-refractivity contribution is 7.92. The molecule has 2 aromatic heterocycles. The SMILES string of the molecule is Cc1cc(S(=O)(=O)Nc2cccc3ccn(CC(=O)N4CCC5(CC4)CCN(c4ccncc4)CC5)c23)c(C)cc1Cl. The zero-order valence-corrected chi connectivity index (χ0v) is 25.6. The monoisotopic (exact) mass is 605 g/mol. The molecular formula is C32H36ClN5O3S. The van der Waals surface area contributed by atoms with Crippen LogP contribution in [0.4, 0.5) is 11.4 Å². The number of carbonyl (C=O) groups is 1. The van der Waals surface area contributed by atoms with Crippen molar-refractivity contribution in [2.75, 3.05) is 35.8 Å². The third-order valence-electron chi connectivity index (χ3n) is 9.11. The number of pyridine rings is 1. The summed E-state index contributed by atoms with van der Waals surface area (Å²) in [5.41, 5.74) is 3.92. The first-order valence-corrected chi connectivity index (χ1v) is 16.3. The van der Waals surface area contributed by atoms with Gasteiger partial charge >= 0.3 is 0 Å². The fraction of sp³-hybridized carbons (Fsp3) is 0.375. The lowest BCUT2D eigenvalue weighted by molar-refractivity contribution is -0.134. The summed E-state index contributed by atoms with van der Waals surface area (Å²) in [6, 6.07) is 14.8. The van der Waals surface area contributed by atoms with E-state index in [9.17, 15) is 13.2 Å². The van der Waals surface area contributed by atoms with E-state index in [1.807, 2.05) is 46.3 Å². The van der Waals surface area contributed by atoms with Crippen molar-refractivity contribution >= 4 is 49.8 Å². The summed E-state index contributed by atoms with van der Waals surface area (Å²) < 4.78 is 31.5. The second kappa shape index (κ2) is 11.3. The third kappa shape index (κ3) is 5.60. The van der Waals surface area contributed by atoms with Gasteiger partial charge < -0.3 is 14.4 Å². The lowest BCUT2D eigenvalue weighted by atomic mass is 9.71. The molecule has 1 N–H and O–H groups in total. The van der Waals surface area contributed by atoms with Gasteiger partial charge in [0.25, 0.3) is 10.0 Å². The van der Waals surface area contributed by atoms with Gasteiger partial charge in [0.2, 0.25) is 5.91 Å². The number of piperidine rings is 2. The highest BCUT2D eigenvalue weighted by Crippen LogP contribution is 2.42. The van der Waals surface area contributed by atoms with E-state index in [0.29, 0.717) is 32.8 Å². The number of aryl methyl sites for hydroxylation is 2. The normalized spacial score (nSPS) is 17.1. The Bertz CT molecular complexity index is 1720. The maximum atomic E-state index is 13.5. The van der Waals surface area contributed by atoms with Crippen LogP contribution in [-0.2, 0) is 21.4 Å². The van der Waals surface area contributed by atoms with Gasteiger partial charge in [0, 0.05) is 60.9 Å². The molecule has 1 spiro atoms. The van der Waals surface area contributed by atoms with Crippen molar-refractivity contribution in [3.63, 3.8) is 0 Å². The number of anilines is 2. The molecule has 4 heterocycles. The number of hydrogen-bond donors (Lipinski definition) is 1. The van der Waals surface area contributed by atoms with Crippen LogP contribution in [0.25, 0.3) is 10.9 Å². The number of halogens is 1. The fourth-order valence-corrected chi connectivity index (χ4v) is 8.09. The predicted octanol–water partition coefficient (Wildman–Crippen LogP) is 6.02. The van der Waals surface area contributed by atoms with Crippen LogP contribution in [0.15, 0.2) is 72.0 Å². The first kappa shape index (κ1) is 28.6. The number of nitrogens with one attached hydrogen (secondary N) is 1. The molecule has 2 aromatic carbocycles. The molecule has 0 bridgehead atoms. The second-order valence-electron chi connectivity index (χ2n) is 11.7. The number of likely N-dealkylation sites (tertiary alicyclic amines) is 1. The van der Waals surface area contributed by atoms with Gasteiger partial charge in [-0.05, 0) is 92.5 Å². The Hall–Kier alpha value is -3.56. The van der Waals surface area contributed by atoms with Crippen molar-refractivity contribution < 1.29 is 13.2 Å². The van der Waals surface area contributed by atoms with Gasteiger partial charge in [-0.2, -0.15) is 0 Å². The molecule has 0 radical (unpaired) electrons. The molecule has 220 valence electrons. The first-order chi connectivity index (χ1) is 20.1. The molecule has 42 heavy (non-hydrogen) atoms. The van der Waals surface area contributed by atoms with E-state index in [-0.39, 0.29) is 17.3 Å². The van der Waals surface area contributed by atoms with E-state index < -0.39 is 10.0 Å². The number of hydrogen-bond acceptors (Lipinski definition) is 5. The first-order valence-electron chi connectivity index (χ1n) is 14.4. The van der Waals surface area contributed by atoms with E-state index in [1.165, 1.54) is 5.69 Å². The number of carbonyl (C=O) groups excluding carboxylic acids is 1. The number of benzene rings is 2. The Morgan fingerprint density at radius 3 is 2.36 bits per heavy atom. The van der Waals surface area contributed by atoms with Crippen LogP contribution in [0.5, 0.6) is 0 Å². The molecule has 2 aliphatic heterocycles. The maximum Gasteiger partial charge on any atom is 0.262 e. The summed E-state index contributed by atoms with van der Waals surface area (Å²) in [5.74, 6) is 0.0541. The average Bonchev–Trinajstić information content (AvgIpc) is 3.39. The molecule has 8 nitrogen and oxygen atoms in total. The van der Waals surface area contributed by atoms with Gasteiger partial charge in [0.15, 0.2) is 0 Å². The Balaban J connectivity index is 1.13. The molecule has 6 rings (SSSR count). The summed E-state index contributed by atoms with van der Waals surface area (Å²) in [4.78, 5) is 22.2. The number of rotatable bonds is 6. The van der Waals surface area contributed by atoms with Crippen LogP contribution < -0.4 is 9.62 Å². The smallest absolute Gasteiger partial charge is 0.262 e. The highest BCUT2D eigenvalue weighted by atomic mass is 35.5. The molecule has 4 aromatic rings. The molecule has 0 saturated carbocycles. The van der Waals surface area contributed by atoms with Gasteiger partial charge in [0.05, 0.1) is 16.1 Å². The van der Waals surface area contributed by atoms with Crippen molar-refractivity contribution in [1.82, 2.24) is 14.5 Å². The maximum absolute atomic E-state index is 13.5. The summed E-state index contributed by atoms with van der Waals surface area (Å²) in [5, 5.41) is 1.39. The lowest BCUT2D eigenvalue weighted by Crippen LogP contribution is -2.48. The Labute approximate surface area is 252 Å². The van der Waals surface area contributed by atoms with Crippen LogP contribution in [0.1, 0.15) is 36.8 Å².